The van der Waals surface area contributed by atoms with Gasteiger partial charge in [-0.3, -0.25) is 0 Å². The van der Waals surface area contributed by atoms with Crippen molar-refractivity contribution in [3.05, 3.63) is 223 Å². The molecule has 0 spiro atoms. The lowest BCUT2D eigenvalue weighted by Crippen LogP contribution is -2.14. The van der Waals surface area contributed by atoms with Gasteiger partial charge in [-0.2, -0.15) is 0 Å². The number of fused-ring (bicyclic) bond motifs is 7. The van der Waals surface area contributed by atoms with E-state index in [1.807, 2.05) is 0 Å². The molecule has 0 aromatic heterocycles. The molecule has 1 aliphatic rings. The predicted molar refractivity (Wildman–Crippen MR) is 248 cm³/mol. The summed E-state index contributed by atoms with van der Waals surface area (Å²) in [6, 6.07) is 78.1. The van der Waals surface area contributed by atoms with Crippen LogP contribution in [0.1, 0.15) is 25.0 Å². The first kappa shape index (κ1) is 34.1. The molecule has 0 radical (unpaired) electrons. The first-order valence-corrected chi connectivity index (χ1v) is 20.2. The van der Waals surface area contributed by atoms with Crippen LogP contribution < -0.4 is 4.90 Å². The molecule has 10 aromatic carbocycles. The largest absolute Gasteiger partial charge is 0.310 e. The maximum Gasteiger partial charge on any atom is 0.0468 e. The molecule has 11 rings (SSSR count). The Morgan fingerprint density at radius 3 is 1.57 bits per heavy atom. The zero-order valence-electron chi connectivity index (χ0n) is 32.7. The molecule has 0 heterocycles. The first-order chi connectivity index (χ1) is 28.5. The average Bonchev–Trinajstić information content (AvgIpc) is 3.51. The number of rotatable bonds is 6. The van der Waals surface area contributed by atoms with Gasteiger partial charge in [0, 0.05) is 22.5 Å². The van der Waals surface area contributed by atoms with Crippen molar-refractivity contribution in [2.75, 3.05) is 4.90 Å². The van der Waals surface area contributed by atoms with E-state index < -0.39 is 0 Å². The van der Waals surface area contributed by atoms with E-state index in [4.69, 9.17) is 0 Å². The third kappa shape index (κ3) is 5.62. The molecule has 1 nitrogen and oxygen atoms in total. The summed E-state index contributed by atoms with van der Waals surface area (Å²) in [4.78, 5) is 2.36. The van der Waals surface area contributed by atoms with Gasteiger partial charge in [0.1, 0.15) is 0 Å². The maximum absolute atomic E-state index is 2.40. The molecule has 0 atom stereocenters. The third-order valence-electron chi connectivity index (χ3n) is 12.4. The van der Waals surface area contributed by atoms with Gasteiger partial charge >= 0.3 is 0 Å². The lowest BCUT2D eigenvalue weighted by Gasteiger charge is -2.26. The van der Waals surface area contributed by atoms with Gasteiger partial charge in [0.05, 0.1) is 0 Å². The number of hydrogen-bond donors (Lipinski definition) is 0. The Hall–Kier alpha value is -7.22. The molecular formula is C57H41N. The van der Waals surface area contributed by atoms with Gasteiger partial charge in [0.2, 0.25) is 0 Å². The van der Waals surface area contributed by atoms with Gasteiger partial charge in [0.15, 0.2) is 0 Å². The van der Waals surface area contributed by atoms with E-state index in [0.717, 1.165) is 17.1 Å². The SMILES string of the molecule is CC1(C)c2ccccc2-c2ccc(-c3ccc(N(c4ccccc4)c4ccc5c(ccc6cc(-c7cc8ccccc8cc7-c7ccccc7)ccc65)c4)cc3)cc21. The Balaban J connectivity index is 0.958. The molecule has 0 aliphatic heterocycles. The monoisotopic (exact) mass is 739 g/mol. The summed E-state index contributed by atoms with van der Waals surface area (Å²) in [6.07, 6.45) is 0. The molecule has 10 aromatic rings. The van der Waals surface area contributed by atoms with E-state index in [1.54, 1.807) is 0 Å². The highest BCUT2D eigenvalue weighted by Crippen LogP contribution is 2.50. The van der Waals surface area contributed by atoms with Crippen molar-refractivity contribution in [3.63, 3.8) is 0 Å². The molecule has 1 heteroatoms. The van der Waals surface area contributed by atoms with Crippen LogP contribution in [0.3, 0.4) is 0 Å². The Morgan fingerprint density at radius 2 is 0.828 bits per heavy atom. The normalized spacial score (nSPS) is 12.8. The fourth-order valence-electron chi connectivity index (χ4n) is 9.41. The van der Waals surface area contributed by atoms with E-state index in [0.29, 0.717) is 0 Å². The molecule has 1 aliphatic carbocycles. The van der Waals surface area contributed by atoms with Crippen molar-refractivity contribution in [2.45, 2.75) is 19.3 Å². The summed E-state index contributed by atoms with van der Waals surface area (Å²) >= 11 is 0. The Kier molecular flexibility index (Phi) is 7.91. The second kappa shape index (κ2) is 13.5. The van der Waals surface area contributed by atoms with Crippen LogP contribution in [0.15, 0.2) is 212 Å². The zero-order valence-corrected chi connectivity index (χ0v) is 32.7. The number of anilines is 3. The number of hydrogen-bond acceptors (Lipinski definition) is 1. The smallest absolute Gasteiger partial charge is 0.0468 e. The van der Waals surface area contributed by atoms with Crippen LogP contribution in [0.4, 0.5) is 17.1 Å². The summed E-state index contributed by atoms with van der Waals surface area (Å²) in [5.41, 5.74) is 16.3. The molecule has 58 heavy (non-hydrogen) atoms. The molecule has 0 unspecified atom stereocenters. The van der Waals surface area contributed by atoms with E-state index in [9.17, 15) is 0 Å². The van der Waals surface area contributed by atoms with Gasteiger partial charge < -0.3 is 4.90 Å². The van der Waals surface area contributed by atoms with E-state index in [1.165, 1.54) is 88.0 Å². The van der Waals surface area contributed by atoms with Crippen molar-refractivity contribution in [2.24, 2.45) is 0 Å². The van der Waals surface area contributed by atoms with E-state index in [-0.39, 0.29) is 5.41 Å². The molecule has 0 bridgehead atoms. The first-order valence-electron chi connectivity index (χ1n) is 20.2. The minimum atomic E-state index is -0.0290. The maximum atomic E-state index is 2.40. The van der Waals surface area contributed by atoms with Crippen LogP contribution in [0.5, 0.6) is 0 Å². The minimum absolute atomic E-state index is 0.0290. The second-order valence-electron chi connectivity index (χ2n) is 16.2. The van der Waals surface area contributed by atoms with Crippen LogP contribution >= 0.6 is 0 Å². The standard InChI is InChI=1S/C57H41N/c1-57(2)55-20-12-11-19-51(55)52-31-25-42(37-56(52)57)38-23-27-47(28-24-38)58(46-17-7-4-8-18-46)48-29-32-50-45(34-48)22-21-43-33-44(26-30-49(43)50)54-36-41-16-10-9-15-40(41)35-53(54)39-13-5-3-6-14-39/h3-37H,1-2H3. The number of para-hydroxylation sites is 1. The molecular weight excluding hydrogens is 699 g/mol. The van der Waals surface area contributed by atoms with Crippen molar-refractivity contribution >= 4 is 49.4 Å². The van der Waals surface area contributed by atoms with Crippen LogP contribution in [0.2, 0.25) is 0 Å². The van der Waals surface area contributed by atoms with E-state index >= 15 is 0 Å². The van der Waals surface area contributed by atoms with Crippen molar-refractivity contribution in [3.8, 4) is 44.5 Å². The van der Waals surface area contributed by atoms with Crippen molar-refractivity contribution in [1.82, 2.24) is 0 Å². The molecule has 0 saturated heterocycles. The highest BCUT2D eigenvalue weighted by atomic mass is 15.1. The molecule has 0 amide bonds. The van der Waals surface area contributed by atoms with Crippen molar-refractivity contribution < 1.29 is 0 Å². The number of benzene rings is 10. The predicted octanol–water partition coefficient (Wildman–Crippen LogP) is 15.9. The zero-order chi connectivity index (χ0) is 38.8. The third-order valence-corrected chi connectivity index (χ3v) is 12.4. The van der Waals surface area contributed by atoms with Crippen LogP contribution in [-0.4, -0.2) is 0 Å². The van der Waals surface area contributed by atoms with Crippen molar-refractivity contribution in [1.29, 1.82) is 0 Å². The molecule has 274 valence electrons. The Bertz CT molecular complexity index is 3180. The highest BCUT2D eigenvalue weighted by molar-refractivity contribution is 6.10. The van der Waals surface area contributed by atoms with Crippen LogP contribution in [0, 0.1) is 0 Å². The molecule has 0 N–H and O–H groups in total. The fourth-order valence-corrected chi connectivity index (χ4v) is 9.41. The molecule has 0 saturated carbocycles. The second-order valence-corrected chi connectivity index (χ2v) is 16.2. The minimum Gasteiger partial charge on any atom is -0.310 e. The van der Waals surface area contributed by atoms with Gasteiger partial charge in [-0.15, -0.1) is 0 Å². The summed E-state index contributed by atoms with van der Waals surface area (Å²) in [6.45, 7) is 4.69. The lowest BCUT2D eigenvalue weighted by atomic mass is 9.81. The van der Waals surface area contributed by atoms with Crippen LogP contribution in [0.25, 0.3) is 76.8 Å². The summed E-state index contributed by atoms with van der Waals surface area (Å²) in [7, 11) is 0. The molecule has 0 fully saturated rings. The van der Waals surface area contributed by atoms with E-state index in [2.05, 4.69) is 231 Å². The summed E-state index contributed by atoms with van der Waals surface area (Å²) < 4.78 is 0. The quantitative estimate of drug-likeness (QED) is 0.154. The highest BCUT2D eigenvalue weighted by Gasteiger charge is 2.35. The van der Waals surface area contributed by atoms with Gasteiger partial charge in [-0.1, -0.05) is 166 Å². The van der Waals surface area contributed by atoms with Gasteiger partial charge in [0.25, 0.3) is 0 Å². The summed E-state index contributed by atoms with van der Waals surface area (Å²) in [5.74, 6) is 0. The average molecular weight is 740 g/mol. The fraction of sp³-hybridized carbons (Fsp3) is 0.0526. The number of nitrogens with zero attached hydrogens (tertiary/aromatic N) is 1. The topological polar surface area (TPSA) is 3.24 Å². The lowest BCUT2D eigenvalue weighted by molar-refractivity contribution is 0.660. The van der Waals surface area contributed by atoms with Gasteiger partial charge in [-0.25, -0.2) is 0 Å². The summed E-state index contributed by atoms with van der Waals surface area (Å²) in [5, 5.41) is 7.46. The Morgan fingerprint density at radius 1 is 0.293 bits per heavy atom. The van der Waals surface area contributed by atoms with Crippen LogP contribution in [-0.2, 0) is 5.41 Å². The van der Waals surface area contributed by atoms with Gasteiger partial charge in [-0.05, 0) is 149 Å². The Labute approximate surface area is 340 Å².